The number of aromatic nitrogens is 1. The van der Waals surface area contributed by atoms with Crippen LogP contribution in [0, 0.1) is 38.9 Å². The van der Waals surface area contributed by atoms with E-state index in [4.69, 9.17) is 67.2 Å². The molecule has 49 heteroatoms. The van der Waals surface area contributed by atoms with Gasteiger partial charge in [0, 0.05) is 88.4 Å². The quantitative estimate of drug-likeness (QED) is 0.0109. The van der Waals surface area contributed by atoms with Crippen molar-refractivity contribution in [1.29, 1.82) is 27.0 Å². The van der Waals surface area contributed by atoms with Crippen molar-refractivity contribution in [2.75, 3.05) is 70.1 Å². The number of nitrogens with two attached hydrogens (primary N) is 7. The summed E-state index contributed by atoms with van der Waals surface area (Å²) in [6, 6.07) is -2.88. The number of likely N-dealkylation sites (tertiary alicyclic amines) is 2. The molecule has 5 rings (SSSR count). The summed E-state index contributed by atoms with van der Waals surface area (Å²) in [6.45, 7) is 8.99. The standard InChI is InChI=1S/C87H144N32O15S2/c1-48(2)43-63(114-76(128)64(44-51-21-8-7-9-22-51)115-75(127)60(33-42-136-6)109-73(125)59(30-18-39-104-87(98)99)110-79(131)66-31-19-40-118(66)50(5)120)77(129)117-68(49(3)4)81(133)116-65(47-135)78(130)112-61(25-12-13-34-88)82(134)119-41-20-32-67(119)80(132)111-58(29-17-38-103-86(96)97)72(124)107-56(27-15-36-101-84(92)93)70(122)106-55(26-14-35-100-83(90)91)71(123)108-57(28-16-37-102-85(94)95)74(126)113-62(69(89)121)45-52-46-105-54-24-11-10-23-53(52)54/h7-11,21-24,46,48-49,55-68,105,135H,12-20,25-45,47,88H2,1-6H3,(H2,89,121)(H,106,122)(H,107,124)(H,108,123)(H,109,125)(H,110,131)(H,111,132)(H,112,130)(H,113,126)(H,114,128)(H,115,127)(H,116,133)(H,117,129)(H4,90,91,100)(H4,92,93,101)(H4,94,95,102)(H4,96,97,103)(H4,98,99,104)/t55-,56-,57-,58-,59-,60-,61-,62-,63-,64-,65-,66-,67-,68-/m0/s1. The van der Waals surface area contributed by atoms with Crippen LogP contribution in [0.5, 0.6) is 0 Å². The molecule has 2 saturated heterocycles. The van der Waals surface area contributed by atoms with E-state index >= 15 is 4.79 Å². The Morgan fingerprint density at radius 2 is 0.794 bits per heavy atom. The molecule has 0 unspecified atom stereocenters. The summed E-state index contributed by atoms with van der Waals surface area (Å²) in [5.41, 5.74) is 41.7. The van der Waals surface area contributed by atoms with Crippen LogP contribution in [0.1, 0.15) is 168 Å². The molecule has 3 aromatic rings. The van der Waals surface area contributed by atoms with Crippen LogP contribution in [0.25, 0.3) is 10.9 Å². The molecule has 2 aliphatic rings. The van der Waals surface area contributed by atoms with Crippen LogP contribution in [0.3, 0.4) is 0 Å². The molecule has 14 atom stereocenters. The molecule has 2 aromatic carbocycles. The maximum Gasteiger partial charge on any atom is 0.245 e. The first kappa shape index (κ1) is 114. The van der Waals surface area contributed by atoms with E-state index in [1.54, 1.807) is 76.5 Å². The van der Waals surface area contributed by atoms with Crippen molar-refractivity contribution < 1.29 is 71.9 Å². The third-order valence-electron chi connectivity index (χ3n) is 22.8. The van der Waals surface area contributed by atoms with Gasteiger partial charge in [0.15, 0.2) is 29.8 Å². The molecule has 0 bridgehead atoms. The molecule has 136 heavy (non-hydrogen) atoms. The van der Waals surface area contributed by atoms with Crippen molar-refractivity contribution in [3.63, 3.8) is 0 Å². The predicted octanol–water partition coefficient (Wildman–Crippen LogP) is -4.91. The number of benzene rings is 2. The van der Waals surface area contributed by atoms with Crippen LogP contribution < -0.4 is 131 Å². The molecule has 2 fully saturated rings. The Morgan fingerprint density at radius 1 is 0.426 bits per heavy atom. The number of nitrogens with one attached hydrogen (secondary N) is 23. The molecule has 3 heterocycles. The largest absolute Gasteiger partial charge is 0.370 e. The van der Waals surface area contributed by atoms with Crippen molar-refractivity contribution in [1.82, 2.24) is 105 Å². The van der Waals surface area contributed by atoms with E-state index in [9.17, 15) is 67.1 Å². The fourth-order valence-electron chi connectivity index (χ4n) is 15.6. The third kappa shape index (κ3) is 39.9. The maximum atomic E-state index is 15.1. The van der Waals surface area contributed by atoms with Crippen LogP contribution in [0.4, 0.5) is 0 Å². The maximum absolute atomic E-state index is 15.1. The lowest BCUT2D eigenvalue weighted by Gasteiger charge is -2.31. The van der Waals surface area contributed by atoms with E-state index < -0.39 is 191 Å². The first-order chi connectivity index (χ1) is 64.7. The number of primary amides is 1. The zero-order valence-corrected chi connectivity index (χ0v) is 80.1. The summed E-state index contributed by atoms with van der Waals surface area (Å²) >= 11 is 5.82. The summed E-state index contributed by atoms with van der Waals surface area (Å²) < 4.78 is 0. The van der Waals surface area contributed by atoms with Gasteiger partial charge in [-0.3, -0.25) is 99.0 Å². The minimum atomic E-state index is -1.53. The Labute approximate surface area is 801 Å². The smallest absolute Gasteiger partial charge is 0.245 e. The lowest BCUT2D eigenvalue weighted by atomic mass is 9.98. The second kappa shape index (κ2) is 59.7. The number of fused-ring (bicyclic) bond motifs is 1. The minimum absolute atomic E-state index is 0.00417. The van der Waals surface area contributed by atoms with E-state index in [1.165, 1.54) is 28.5 Å². The van der Waals surface area contributed by atoms with Crippen molar-refractivity contribution in [3.05, 3.63) is 71.9 Å². The van der Waals surface area contributed by atoms with Crippen LogP contribution in [-0.2, 0) is 84.8 Å². The molecule has 15 amide bonds. The highest BCUT2D eigenvalue weighted by Crippen LogP contribution is 2.24. The van der Waals surface area contributed by atoms with Crippen LogP contribution in [-0.4, -0.2) is 288 Å². The number of unbranched alkanes of at least 4 members (excludes halogenated alkanes) is 1. The molecular weight excluding hydrogens is 1800 g/mol. The number of rotatable bonds is 61. The lowest BCUT2D eigenvalue weighted by molar-refractivity contribution is -0.142. The normalized spacial score (nSPS) is 16.0. The van der Waals surface area contributed by atoms with Gasteiger partial charge < -0.3 is 145 Å². The first-order valence-electron chi connectivity index (χ1n) is 46.0. The minimum Gasteiger partial charge on any atom is -0.370 e. The van der Waals surface area contributed by atoms with E-state index in [0.29, 0.717) is 42.7 Å². The predicted molar refractivity (Wildman–Crippen MR) is 519 cm³/mol. The monoisotopic (exact) mass is 1940 g/mol. The van der Waals surface area contributed by atoms with E-state index in [0.717, 1.165) is 10.9 Å². The molecule has 47 nitrogen and oxygen atoms in total. The van der Waals surface area contributed by atoms with Crippen LogP contribution in [0.15, 0.2) is 60.8 Å². The van der Waals surface area contributed by atoms with Gasteiger partial charge in [-0.15, -0.1) is 0 Å². The summed E-state index contributed by atoms with van der Waals surface area (Å²) in [6.07, 6.45) is 5.23. The number of aromatic amines is 1. The van der Waals surface area contributed by atoms with Crippen molar-refractivity contribution in [3.8, 4) is 0 Å². The average molecular weight is 1940 g/mol. The summed E-state index contributed by atoms with van der Waals surface area (Å²) in [5, 5.41) is 85.4. The highest BCUT2D eigenvalue weighted by molar-refractivity contribution is 7.98. The van der Waals surface area contributed by atoms with Gasteiger partial charge in [0.2, 0.25) is 88.6 Å². The molecule has 1 aromatic heterocycles. The molecule has 0 saturated carbocycles. The number of hydrogen-bond donors (Lipinski definition) is 31. The van der Waals surface area contributed by atoms with Gasteiger partial charge in [-0.1, -0.05) is 76.2 Å². The Kier molecular flexibility index (Phi) is 49.9. The zero-order valence-electron chi connectivity index (χ0n) is 78.3. The number of hydrogen-bond acceptors (Lipinski definition) is 23. The number of thiol groups is 1. The highest BCUT2D eigenvalue weighted by Gasteiger charge is 2.43. The number of nitrogens with zero attached hydrogens (tertiary/aromatic N) is 2. The van der Waals surface area contributed by atoms with Gasteiger partial charge in [-0.05, 0) is 170 Å². The second-order valence-corrected chi connectivity index (χ2v) is 35.8. The lowest BCUT2D eigenvalue weighted by Crippen LogP contribution is -2.62. The van der Waals surface area contributed by atoms with Gasteiger partial charge >= 0.3 is 0 Å². The number of H-pyrrole nitrogens is 1. The van der Waals surface area contributed by atoms with Gasteiger partial charge in [-0.2, -0.15) is 24.4 Å². The SMILES string of the molecule is CSCC[C@H](NC(=O)[C@H](CCCNC(=N)N)NC(=O)[C@@H]1CCCN1C(C)=O)C(=O)N[C@@H](Cc1ccccc1)C(=O)N[C@@H](CC(C)C)C(=O)N[C@H](C(=O)N[C@@H](CS)C(=O)N[C@@H](CCCCN)C(=O)N1CCC[C@H]1C(=O)N[C@@H](CCCNC(=N)N)C(=O)N[C@@H](CCCNC(=N)N)C(=O)N[C@@H](CCCNC(=N)N)C(=O)N[C@@H](CCCNC(=N)N)C(=O)N[C@@H](Cc1c[nH]c2ccccc12)C(N)=O)C(C)C. The Morgan fingerprint density at radius 3 is 1.21 bits per heavy atom. The van der Waals surface area contributed by atoms with Gasteiger partial charge in [-0.25, -0.2) is 0 Å². The van der Waals surface area contributed by atoms with Crippen LogP contribution >= 0.6 is 24.4 Å². The van der Waals surface area contributed by atoms with Gasteiger partial charge in [0.25, 0.3) is 0 Å². The third-order valence-corrected chi connectivity index (χ3v) is 23.8. The summed E-state index contributed by atoms with van der Waals surface area (Å²) in [7, 11) is 0. The summed E-state index contributed by atoms with van der Waals surface area (Å²) in [4.78, 5) is 222. The first-order valence-corrected chi connectivity index (χ1v) is 48.0. The fraction of sp³-hybridized carbons (Fsp3) is 0.609. The number of para-hydroxylation sites is 1. The summed E-state index contributed by atoms with van der Waals surface area (Å²) in [5.74, 6) is -14.7. The molecule has 0 aliphatic carbocycles. The van der Waals surface area contributed by atoms with E-state index in [1.807, 2.05) is 18.2 Å². The Balaban J connectivity index is 1.37. The van der Waals surface area contributed by atoms with Crippen LogP contribution in [0.2, 0.25) is 0 Å². The number of guanidine groups is 5. The van der Waals surface area contributed by atoms with Gasteiger partial charge in [0.05, 0.1) is 0 Å². The second-order valence-electron chi connectivity index (χ2n) is 34.4. The Bertz CT molecular complexity index is 4550. The van der Waals surface area contributed by atoms with Crippen molar-refractivity contribution in [2.45, 2.75) is 254 Å². The fourth-order valence-corrected chi connectivity index (χ4v) is 16.4. The Hall–Kier alpha value is -13.0. The van der Waals surface area contributed by atoms with Crippen molar-refractivity contribution in [2.24, 2.45) is 52.0 Å². The molecule has 0 radical (unpaired) electrons. The van der Waals surface area contributed by atoms with Gasteiger partial charge in [0.1, 0.15) is 84.6 Å². The number of carbonyl (C=O) groups is 15. The number of carbonyl (C=O) groups excluding carboxylic acids is 15. The molecule has 754 valence electrons. The van der Waals surface area contributed by atoms with E-state index in [-0.39, 0.29) is 191 Å². The average Bonchev–Trinajstić information content (AvgIpc) is 1.68. The zero-order chi connectivity index (χ0) is 101. The highest BCUT2D eigenvalue weighted by atomic mass is 32.2. The van der Waals surface area contributed by atoms with E-state index in [2.05, 4.69) is 108 Å². The molecule has 2 aliphatic heterocycles. The number of amides is 15. The van der Waals surface area contributed by atoms with Crippen molar-refractivity contribution >= 4 is 154 Å². The topological polar surface area (TPSA) is 784 Å². The number of thioether (sulfide) groups is 1. The molecular formula is C87H144N32O15S2. The molecule has 37 N–H and O–H groups in total. The molecule has 0 spiro atoms.